The van der Waals surface area contributed by atoms with E-state index in [0.717, 1.165) is 32.0 Å². The zero-order valence-corrected chi connectivity index (χ0v) is 8.85. The highest BCUT2D eigenvalue weighted by molar-refractivity contribution is 5.73. The van der Waals surface area contributed by atoms with Crippen LogP contribution in [-0.4, -0.2) is 48.1 Å². The van der Waals surface area contributed by atoms with Crippen molar-refractivity contribution in [3.8, 4) is 0 Å². The van der Waals surface area contributed by atoms with E-state index in [4.69, 9.17) is 11.5 Å². The minimum Gasteiger partial charge on any atom is -0.393 e. The summed E-state index contributed by atoms with van der Waals surface area (Å²) in [4.78, 5) is 12.5. The number of piperazine rings is 1. The summed E-state index contributed by atoms with van der Waals surface area (Å²) in [6.07, 6.45) is 1.46. The van der Waals surface area contributed by atoms with Crippen LogP contribution in [0.25, 0.3) is 0 Å². The molecule has 6 heteroatoms. The predicted molar refractivity (Wildman–Crippen MR) is 60.6 cm³/mol. The molecule has 4 N–H and O–H groups in total. The largest absolute Gasteiger partial charge is 0.393 e. The molecular formula is C9H16N6. The second kappa shape index (κ2) is 3.90. The summed E-state index contributed by atoms with van der Waals surface area (Å²) in [6.45, 7) is 3.89. The normalized spacial score (nSPS) is 18.1. The zero-order valence-electron chi connectivity index (χ0n) is 8.85. The lowest BCUT2D eigenvalue weighted by molar-refractivity contribution is 0.312. The molecule has 0 unspecified atom stereocenters. The number of nitrogens with zero attached hydrogens (tertiary/aromatic N) is 4. The topological polar surface area (TPSA) is 84.3 Å². The fraction of sp³-hybridized carbons (Fsp3) is 0.556. The molecule has 1 aliphatic heterocycles. The van der Waals surface area contributed by atoms with Gasteiger partial charge in [-0.2, -0.15) is 0 Å². The molecule has 1 saturated heterocycles. The average Bonchev–Trinajstić information content (AvgIpc) is 2.24. The molecule has 1 fully saturated rings. The molecule has 82 valence electrons. The monoisotopic (exact) mass is 208 g/mol. The third-order valence-electron chi connectivity index (χ3n) is 2.70. The first kappa shape index (κ1) is 9.97. The van der Waals surface area contributed by atoms with Crippen LogP contribution >= 0.6 is 0 Å². The predicted octanol–water partition coefficient (Wildman–Crippen LogP) is -0.607. The van der Waals surface area contributed by atoms with E-state index in [1.807, 2.05) is 0 Å². The highest BCUT2D eigenvalue weighted by atomic mass is 15.3. The maximum Gasteiger partial charge on any atom is 0.157 e. The molecular weight excluding hydrogens is 192 g/mol. The van der Waals surface area contributed by atoms with E-state index in [1.165, 1.54) is 6.33 Å². The summed E-state index contributed by atoms with van der Waals surface area (Å²) in [7, 11) is 2.11. The lowest BCUT2D eigenvalue weighted by Crippen LogP contribution is -2.45. The van der Waals surface area contributed by atoms with Gasteiger partial charge in [0.25, 0.3) is 0 Å². The van der Waals surface area contributed by atoms with Crippen LogP contribution in [0.3, 0.4) is 0 Å². The fourth-order valence-electron chi connectivity index (χ4n) is 1.67. The first-order valence-corrected chi connectivity index (χ1v) is 4.98. The van der Waals surface area contributed by atoms with Gasteiger partial charge in [0.2, 0.25) is 0 Å². The summed E-state index contributed by atoms with van der Waals surface area (Å²) in [6, 6.07) is 0. The van der Waals surface area contributed by atoms with Gasteiger partial charge in [0.05, 0.1) is 0 Å². The molecule has 0 aliphatic carbocycles. The SMILES string of the molecule is CN1CCN(c2ncnc(N)c2N)CC1. The van der Waals surface area contributed by atoms with Gasteiger partial charge in [-0.25, -0.2) is 9.97 Å². The van der Waals surface area contributed by atoms with Crippen LogP contribution in [-0.2, 0) is 0 Å². The maximum absolute atomic E-state index is 5.84. The molecule has 1 aromatic rings. The number of rotatable bonds is 1. The van der Waals surface area contributed by atoms with Crippen LogP contribution in [0.15, 0.2) is 6.33 Å². The van der Waals surface area contributed by atoms with Crippen LogP contribution in [0.4, 0.5) is 17.3 Å². The van der Waals surface area contributed by atoms with E-state index in [0.29, 0.717) is 11.5 Å². The van der Waals surface area contributed by atoms with Gasteiger partial charge in [-0.15, -0.1) is 0 Å². The van der Waals surface area contributed by atoms with Gasteiger partial charge in [-0.3, -0.25) is 0 Å². The standard InChI is InChI=1S/C9H16N6/c1-14-2-4-15(5-3-14)9-7(10)8(11)12-6-13-9/h6H,2-5,10H2,1H3,(H2,11,12,13). The molecule has 6 nitrogen and oxygen atoms in total. The first-order valence-electron chi connectivity index (χ1n) is 4.98. The number of nitrogens with two attached hydrogens (primary N) is 2. The minimum atomic E-state index is 0.360. The van der Waals surface area contributed by atoms with Crippen LogP contribution in [0.2, 0.25) is 0 Å². The molecule has 0 saturated carbocycles. The van der Waals surface area contributed by atoms with E-state index >= 15 is 0 Å². The minimum absolute atomic E-state index is 0.360. The second-order valence-electron chi connectivity index (χ2n) is 3.79. The summed E-state index contributed by atoms with van der Waals surface area (Å²) < 4.78 is 0. The molecule has 0 amide bonds. The molecule has 2 rings (SSSR count). The Hall–Kier alpha value is -1.56. The highest BCUT2D eigenvalue weighted by Crippen LogP contribution is 2.24. The third-order valence-corrected chi connectivity index (χ3v) is 2.70. The summed E-state index contributed by atoms with van der Waals surface area (Å²) >= 11 is 0. The highest BCUT2D eigenvalue weighted by Gasteiger charge is 2.18. The van der Waals surface area contributed by atoms with Crippen molar-refractivity contribution in [3.63, 3.8) is 0 Å². The van der Waals surface area contributed by atoms with Crippen molar-refractivity contribution in [2.75, 3.05) is 49.6 Å². The molecule has 0 aromatic carbocycles. The van der Waals surface area contributed by atoms with Crippen molar-refractivity contribution in [2.24, 2.45) is 0 Å². The third kappa shape index (κ3) is 1.94. The maximum atomic E-state index is 5.84. The lowest BCUT2D eigenvalue weighted by atomic mass is 10.3. The van der Waals surface area contributed by atoms with Gasteiger partial charge in [0.15, 0.2) is 11.6 Å². The van der Waals surface area contributed by atoms with E-state index < -0.39 is 0 Å². The Morgan fingerprint density at radius 1 is 1.13 bits per heavy atom. The Bertz CT molecular complexity index is 344. The first-order chi connectivity index (χ1) is 7.18. The number of nitrogen functional groups attached to an aromatic ring is 2. The van der Waals surface area contributed by atoms with E-state index in [-0.39, 0.29) is 0 Å². The quantitative estimate of drug-likeness (QED) is 0.640. The Morgan fingerprint density at radius 3 is 2.47 bits per heavy atom. The molecule has 0 spiro atoms. The van der Waals surface area contributed by atoms with Gasteiger partial charge >= 0.3 is 0 Å². The van der Waals surface area contributed by atoms with Crippen molar-refractivity contribution in [3.05, 3.63) is 6.33 Å². The van der Waals surface area contributed by atoms with E-state index in [9.17, 15) is 0 Å². The number of likely N-dealkylation sites (N-methyl/N-ethyl adjacent to an activating group) is 1. The Morgan fingerprint density at radius 2 is 1.80 bits per heavy atom. The van der Waals surface area contributed by atoms with E-state index in [1.54, 1.807) is 0 Å². The number of hydrogen-bond donors (Lipinski definition) is 2. The number of aromatic nitrogens is 2. The van der Waals surface area contributed by atoms with Crippen molar-refractivity contribution >= 4 is 17.3 Å². The van der Waals surface area contributed by atoms with Crippen molar-refractivity contribution in [1.29, 1.82) is 0 Å². The second-order valence-corrected chi connectivity index (χ2v) is 3.79. The Balaban J connectivity index is 2.19. The molecule has 0 bridgehead atoms. The molecule has 15 heavy (non-hydrogen) atoms. The van der Waals surface area contributed by atoms with Gasteiger partial charge in [-0.05, 0) is 7.05 Å². The molecule has 0 radical (unpaired) electrons. The zero-order chi connectivity index (χ0) is 10.8. The van der Waals surface area contributed by atoms with E-state index in [2.05, 4.69) is 26.8 Å². The van der Waals surface area contributed by atoms with Crippen LogP contribution in [0.1, 0.15) is 0 Å². The van der Waals surface area contributed by atoms with Gasteiger partial charge < -0.3 is 21.3 Å². The molecule has 0 atom stereocenters. The van der Waals surface area contributed by atoms with Gasteiger partial charge in [-0.1, -0.05) is 0 Å². The summed E-state index contributed by atoms with van der Waals surface area (Å²) in [5.41, 5.74) is 12.0. The summed E-state index contributed by atoms with van der Waals surface area (Å²) in [5, 5.41) is 0. The van der Waals surface area contributed by atoms with Crippen LogP contribution in [0, 0.1) is 0 Å². The van der Waals surface area contributed by atoms with Crippen LogP contribution < -0.4 is 16.4 Å². The van der Waals surface area contributed by atoms with Crippen molar-refractivity contribution in [2.45, 2.75) is 0 Å². The Kier molecular flexibility index (Phi) is 2.59. The smallest absolute Gasteiger partial charge is 0.157 e. The Labute approximate surface area is 88.9 Å². The van der Waals surface area contributed by atoms with Gasteiger partial charge in [0.1, 0.15) is 12.0 Å². The number of anilines is 3. The molecule has 1 aliphatic rings. The molecule has 2 heterocycles. The van der Waals surface area contributed by atoms with Gasteiger partial charge in [0, 0.05) is 26.2 Å². The van der Waals surface area contributed by atoms with Crippen LogP contribution in [0.5, 0.6) is 0 Å². The average molecular weight is 208 g/mol. The van der Waals surface area contributed by atoms with Crippen molar-refractivity contribution in [1.82, 2.24) is 14.9 Å². The molecule has 1 aromatic heterocycles. The fourth-order valence-corrected chi connectivity index (χ4v) is 1.67. The lowest BCUT2D eigenvalue weighted by Gasteiger charge is -2.33. The van der Waals surface area contributed by atoms with Crippen molar-refractivity contribution < 1.29 is 0 Å². The summed E-state index contributed by atoms with van der Waals surface area (Å²) in [5.74, 6) is 1.12. The number of hydrogen-bond acceptors (Lipinski definition) is 6.